The molecule has 0 aromatic rings. The van der Waals surface area contributed by atoms with Gasteiger partial charge >= 0.3 is 12.1 Å². The highest BCUT2D eigenvalue weighted by Crippen LogP contribution is 2.14. The van der Waals surface area contributed by atoms with Crippen LogP contribution < -0.4 is 5.73 Å². The maximum absolute atomic E-state index is 11.5. The number of aliphatic carboxylic acids is 1. The van der Waals surface area contributed by atoms with Crippen molar-refractivity contribution in [2.24, 2.45) is 5.73 Å². The zero-order valence-electron chi connectivity index (χ0n) is 7.38. The molecule has 0 aromatic heterocycles. The minimum absolute atomic E-state index is 0.104. The van der Waals surface area contributed by atoms with Gasteiger partial charge in [-0.05, 0) is 12.8 Å². The second kappa shape index (κ2) is 5.82. The molecule has 84 valence electrons. The van der Waals surface area contributed by atoms with Gasteiger partial charge in [0.05, 0.1) is 0 Å². The first-order valence-electron chi connectivity index (χ1n) is 3.96. The van der Waals surface area contributed by atoms with Crippen LogP contribution in [0.25, 0.3) is 0 Å². The first-order valence-corrected chi connectivity index (χ1v) is 3.96. The molecule has 7 heteroatoms. The van der Waals surface area contributed by atoms with Gasteiger partial charge in [-0.1, -0.05) is 0 Å². The van der Waals surface area contributed by atoms with E-state index in [1.54, 1.807) is 0 Å². The molecule has 0 spiro atoms. The predicted octanol–water partition coefficient (Wildman–Crippen LogP) is 0.757. The van der Waals surface area contributed by atoms with E-state index in [0.717, 1.165) is 0 Å². The molecule has 0 heterocycles. The van der Waals surface area contributed by atoms with Crippen molar-refractivity contribution in [2.45, 2.75) is 25.1 Å². The molecule has 0 aliphatic carbocycles. The summed E-state index contributed by atoms with van der Waals surface area (Å²) in [4.78, 5) is 10.2. The average Bonchev–Trinajstić information content (AvgIpc) is 2.01. The highest BCUT2D eigenvalue weighted by Gasteiger charge is 2.27. The van der Waals surface area contributed by atoms with Crippen LogP contribution in [-0.2, 0) is 9.53 Å². The number of carboxylic acid groups (broad SMARTS) is 1. The van der Waals surface area contributed by atoms with E-state index in [2.05, 4.69) is 4.74 Å². The van der Waals surface area contributed by atoms with Crippen molar-refractivity contribution in [3.63, 3.8) is 0 Å². The third-order valence-corrected chi connectivity index (χ3v) is 1.39. The van der Waals surface area contributed by atoms with E-state index in [0.29, 0.717) is 0 Å². The van der Waals surface area contributed by atoms with E-state index in [9.17, 15) is 18.0 Å². The minimum Gasteiger partial charge on any atom is -0.480 e. The fourth-order valence-electron chi connectivity index (χ4n) is 0.717. The average molecular weight is 215 g/mol. The lowest BCUT2D eigenvalue weighted by Crippen LogP contribution is -2.30. The number of nitrogens with two attached hydrogens (primary N) is 1. The number of hydrogen-bond acceptors (Lipinski definition) is 3. The van der Waals surface area contributed by atoms with Crippen molar-refractivity contribution in [3.8, 4) is 0 Å². The van der Waals surface area contributed by atoms with E-state index in [1.807, 2.05) is 0 Å². The highest BCUT2D eigenvalue weighted by molar-refractivity contribution is 5.72. The van der Waals surface area contributed by atoms with Gasteiger partial charge in [0, 0.05) is 6.61 Å². The molecule has 3 N–H and O–H groups in total. The van der Waals surface area contributed by atoms with Gasteiger partial charge in [-0.2, -0.15) is 13.2 Å². The summed E-state index contributed by atoms with van der Waals surface area (Å²) in [6, 6.07) is -1.04. The molecule has 0 unspecified atom stereocenters. The first kappa shape index (κ1) is 13.2. The van der Waals surface area contributed by atoms with Crippen LogP contribution in [0.15, 0.2) is 0 Å². The van der Waals surface area contributed by atoms with Crippen molar-refractivity contribution in [2.75, 3.05) is 13.2 Å². The second-order valence-electron chi connectivity index (χ2n) is 2.75. The first-order chi connectivity index (χ1) is 6.33. The van der Waals surface area contributed by atoms with Crippen LogP contribution in [0.5, 0.6) is 0 Å². The summed E-state index contributed by atoms with van der Waals surface area (Å²) in [7, 11) is 0. The molecule has 0 amide bonds. The molecular formula is C7H12F3NO3. The Labute approximate surface area is 78.8 Å². The van der Waals surface area contributed by atoms with Crippen molar-refractivity contribution < 1.29 is 27.8 Å². The van der Waals surface area contributed by atoms with Gasteiger partial charge in [0.1, 0.15) is 12.6 Å². The summed E-state index contributed by atoms with van der Waals surface area (Å²) in [5, 5.41) is 8.32. The Kier molecular flexibility index (Phi) is 5.47. The van der Waals surface area contributed by atoms with Crippen LogP contribution in [0.2, 0.25) is 0 Å². The maximum Gasteiger partial charge on any atom is 0.411 e. The molecule has 0 bridgehead atoms. The molecule has 0 rings (SSSR count). The molecule has 0 aliphatic heterocycles. The Bertz CT molecular complexity index is 184. The van der Waals surface area contributed by atoms with Crippen LogP contribution in [0.1, 0.15) is 12.8 Å². The quantitative estimate of drug-likeness (QED) is 0.641. The van der Waals surface area contributed by atoms with Crippen LogP contribution in [0, 0.1) is 0 Å². The SMILES string of the molecule is N[C@H](CCCOCC(F)(F)F)C(=O)O. The molecule has 0 aromatic carbocycles. The molecule has 0 aliphatic rings. The Morgan fingerprint density at radius 1 is 1.50 bits per heavy atom. The Hall–Kier alpha value is -0.820. The summed E-state index contributed by atoms with van der Waals surface area (Å²) in [5.41, 5.74) is 5.11. The zero-order chi connectivity index (χ0) is 11.2. The highest BCUT2D eigenvalue weighted by atomic mass is 19.4. The summed E-state index contributed by atoms with van der Waals surface area (Å²) >= 11 is 0. The van der Waals surface area contributed by atoms with Gasteiger partial charge in [0.25, 0.3) is 0 Å². The number of carbonyl (C=O) groups is 1. The van der Waals surface area contributed by atoms with Crippen LogP contribution >= 0.6 is 0 Å². The molecule has 14 heavy (non-hydrogen) atoms. The molecular weight excluding hydrogens is 203 g/mol. The number of rotatable bonds is 6. The Morgan fingerprint density at radius 2 is 2.07 bits per heavy atom. The van der Waals surface area contributed by atoms with E-state index in [1.165, 1.54) is 0 Å². The second-order valence-corrected chi connectivity index (χ2v) is 2.75. The monoisotopic (exact) mass is 215 g/mol. The third-order valence-electron chi connectivity index (χ3n) is 1.39. The number of carboxylic acids is 1. The van der Waals surface area contributed by atoms with Gasteiger partial charge in [-0.3, -0.25) is 4.79 Å². The smallest absolute Gasteiger partial charge is 0.411 e. The molecule has 0 fully saturated rings. The van der Waals surface area contributed by atoms with Gasteiger partial charge in [0.2, 0.25) is 0 Å². The number of halogens is 3. The van der Waals surface area contributed by atoms with Crippen molar-refractivity contribution >= 4 is 5.97 Å². The largest absolute Gasteiger partial charge is 0.480 e. The summed E-state index contributed by atoms with van der Waals surface area (Å²) in [6.07, 6.45) is -4.04. The molecule has 0 saturated heterocycles. The zero-order valence-corrected chi connectivity index (χ0v) is 7.38. The lowest BCUT2D eigenvalue weighted by Gasteiger charge is -2.08. The number of alkyl halides is 3. The molecule has 1 atom stereocenters. The number of ether oxygens (including phenoxy) is 1. The van der Waals surface area contributed by atoms with E-state index in [4.69, 9.17) is 10.8 Å². The van der Waals surface area contributed by atoms with Gasteiger partial charge < -0.3 is 15.6 Å². The Balaban J connectivity index is 3.35. The van der Waals surface area contributed by atoms with Crippen molar-refractivity contribution in [3.05, 3.63) is 0 Å². The van der Waals surface area contributed by atoms with Crippen LogP contribution in [0.3, 0.4) is 0 Å². The minimum atomic E-state index is -4.34. The standard InChI is InChI=1S/C7H12F3NO3/c8-7(9,10)4-14-3-1-2-5(11)6(12)13/h5H,1-4,11H2,(H,12,13)/t5-/m1/s1. The van der Waals surface area contributed by atoms with Crippen LogP contribution in [0.4, 0.5) is 13.2 Å². The Morgan fingerprint density at radius 3 is 2.50 bits per heavy atom. The fraction of sp³-hybridized carbons (Fsp3) is 0.857. The summed E-state index contributed by atoms with van der Waals surface area (Å²) < 4.78 is 38.8. The van der Waals surface area contributed by atoms with Crippen molar-refractivity contribution in [1.29, 1.82) is 0 Å². The van der Waals surface area contributed by atoms with E-state index in [-0.39, 0.29) is 19.4 Å². The predicted molar refractivity (Wildman–Crippen MR) is 41.7 cm³/mol. The molecule has 0 saturated carbocycles. The topological polar surface area (TPSA) is 72.5 Å². The fourth-order valence-corrected chi connectivity index (χ4v) is 0.717. The molecule has 0 radical (unpaired) electrons. The third kappa shape index (κ3) is 7.81. The maximum atomic E-state index is 11.5. The lowest BCUT2D eigenvalue weighted by molar-refractivity contribution is -0.174. The lowest BCUT2D eigenvalue weighted by atomic mass is 10.2. The van der Waals surface area contributed by atoms with Crippen LogP contribution in [-0.4, -0.2) is 36.5 Å². The van der Waals surface area contributed by atoms with Gasteiger partial charge in [-0.25, -0.2) is 0 Å². The van der Waals surface area contributed by atoms with Gasteiger partial charge in [0.15, 0.2) is 0 Å². The summed E-state index contributed by atoms with van der Waals surface area (Å²) in [6.45, 7) is -1.45. The summed E-state index contributed by atoms with van der Waals surface area (Å²) in [5.74, 6) is -1.17. The van der Waals surface area contributed by atoms with E-state index < -0.39 is 24.8 Å². The van der Waals surface area contributed by atoms with Gasteiger partial charge in [-0.15, -0.1) is 0 Å². The van der Waals surface area contributed by atoms with Crippen molar-refractivity contribution in [1.82, 2.24) is 0 Å². The molecule has 4 nitrogen and oxygen atoms in total. The normalized spacial score (nSPS) is 14.0. The number of hydrogen-bond donors (Lipinski definition) is 2. The van der Waals surface area contributed by atoms with E-state index >= 15 is 0 Å².